The highest BCUT2D eigenvalue weighted by Crippen LogP contribution is 2.38. The monoisotopic (exact) mass is 491 g/mol. The molecule has 0 atom stereocenters. The van der Waals surface area contributed by atoms with E-state index in [9.17, 15) is 9.59 Å². The maximum Gasteiger partial charge on any atom is 0.293 e. The molecular formula is C21H15BrClNO4S. The van der Waals surface area contributed by atoms with E-state index in [2.05, 4.69) is 21.9 Å². The number of terminal acetylenes is 1. The molecule has 2 aromatic rings. The minimum atomic E-state index is -0.353. The fourth-order valence-electron chi connectivity index (χ4n) is 2.60. The van der Waals surface area contributed by atoms with Gasteiger partial charge in [-0.05, 0) is 53.2 Å². The molecule has 0 N–H and O–H groups in total. The van der Waals surface area contributed by atoms with Gasteiger partial charge in [-0.3, -0.25) is 14.5 Å². The molecule has 148 valence electrons. The van der Waals surface area contributed by atoms with Crippen molar-refractivity contribution in [2.24, 2.45) is 0 Å². The quantitative estimate of drug-likeness (QED) is 0.401. The molecule has 1 aliphatic rings. The molecule has 8 heteroatoms. The number of hydrogen-bond donors (Lipinski definition) is 0. The fourth-order valence-corrected chi connectivity index (χ4v) is 4.00. The molecule has 0 unspecified atom stereocenters. The SMILES string of the molecule is C#CCOc1cc(Br)c(/C=C2\SC(=O)N(Cc3ccc(Cl)cc3)C2=O)cc1OC. The average Bonchev–Trinajstić information content (AvgIpc) is 2.97. The first-order valence-corrected chi connectivity index (χ1v) is 10.3. The molecule has 2 amide bonds. The summed E-state index contributed by atoms with van der Waals surface area (Å²) in [5, 5.41) is 0.268. The van der Waals surface area contributed by atoms with Crippen LogP contribution < -0.4 is 9.47 Å². The van der Waals surface area contributed by atoms with Gasteiger partial charge in [0.2, 0.25) is 0 Å². The molecule has 0 radical (unpaired) electrons. The second-order valence-corrected chi connectivity index (χ2v) is 8.20. The second kappa shape index (κ2) is 9.40. The molecule has 1 heterocycles. The third-order valence-corrected chi connectivity index (χ3v) is 5.85. The number of methoxy groups -OCH3 is 1. The Balaban J connectivity index is 1.85. The Morgan fingerprint density at radius 3 is 2.62 bits per heavy atom. The van der Waals surface area contributed by atoms with E-state index in [1.807, 2.05) is 0 Å². The Morgan fingerprint density at radius 2 is 1.97 bits per heavy atom. The zero-order chi connectivity index (χ0) is 21.0. The highest BCUT2D eigenvalue weighted by Gasteiger charge is 2.35. The van der Waals surface area contributed by atoms with Crippen LogP contribution in [0.1, 0.15) is 11.1 Å². The summed E-state index contributed by atoms with van der Waals surface area (Å²) in [4.78, 5) is 26.7. The summed E-state index contributed by atoms with van der Waals surface area (Å²) >= 11 is 10.2. The van der Waals surface area contributed by atoms with Crippen molar-refractivity contribution in [1.29, 1.82) is 0 Å². The van der Waals surface area contributed by atoms with Gasteiger partial charge in [-0.15, -0.1) is 6.42 Å². The van der Waals surface area contributed by atoms with Gasteiger partial charge in [0, 0.05) is 9.50 Å². The van der Waals surface area contributed by atoms with E-state index in [-0.39, 0.29) is 24.3 Å². The van der Waals surface area contributed by atoms with E-state index >= 15 is 0 Å². The van der Waals surface area contributed by atoms with Crippen molar-refractivity contribution in [2.45, 2.75) is 6.54 Å². The van der Waals surface area contributed by atoms with Gasteiger partial charge in [-0.25, -0.2) is 0 Å². The molecule has 0 saturated carbocycles. The molecule has 5 nitrogen and oxygen atoms in total. The van der Waals surface area contributed by atoms with Crippen molar-refractivity contribution in [1.82, 2.24) is 4.90 Å². The highest BCUT2D eigenvalue weighted by molar-refractivity contribution is 9.10. The molecule has 0 bridgehead atoms. The molecule has 3 rings (SSSR count). The molecule has 2 aromatic carbocycles. The first kappa shape index (κ1) is 21.3. The third-order valence-electron chi connectivity index (χ3n) is 4.01. The minimum absolute atomic E-state index is 0.103. The topological polar surface area (TPSA) is 55.8 Å². The summed E-state index contributed by atoms with van der Waals surface area (Å²) in [6.07, 6.45) is 6.87. The number of imide groups is 1. The Bertz CT molecular complexity index is 1030. The van der Waals surface area contributed by atoms with Crippen LogP contribution in [0, 0.1) is 12.3 Å². The van der Waals surface area contributed by atoms with Crippen LogP contribution in [0.4, 0.5) is 4.79 Å². The van der Waals surface area contributed by atoms with E-state index in [4.69, 9.17) is 27.5 Å². The van der Waals surface area contributed by atoms with E-state index in [1.54, 1.807) is 42.5 Å². The standard InChI is InChI=1S/C21H15BrClNO4S/c1-3-8-28-18-11-16(22)14(9-17(18)27-2)10-19-20(25)24(21(26)29-19)12-13-4-6-15(23)7-5-13/h1,4-7,9-11H,8,12H2,2H3/b19-10-. The average molecular weight is 493 g/mol. The molecule has 29 heavy (non-hydrogen) atoms. The van der Waals surface area contributed by atoms with Crippen LogP contribution in [0.2, 0.25) is 5.02 Å². The molecular weight excluding hydrogens is 478 g/mol. The van der Waals surface area contributed by atoms with Crippen LogP contribution in [0.5, 0.6) is 11.5 Å². The van der Waals surface area contributed by atoms with E-state index in [0.717, 1.165) is 17.3 Å². The van der Waals surface area contributed by atoms with Crippen molar-refractivity contribution < 1.29 is 19.1 Å². The lowest BCUT2D eigenvalue weighted by molar-refractivity contribution is -0.123. The number of ether oxygens (including phenoxy) is 2. The van der Waals surface area contributed by atoms with Crippen LogP contribution in [0.15, 0.2) is 45.8 Å². The van der Waals surface area contributed by atoms with E-state index in [0.29, 0.717) is 31.5 Å². The number of rotatable bonds is 6. The lowest BCUT2D eigenvalue weighted by Crippen LogP contribution is -2.27. The van der Waals surface area contributed by atoms with Gasteiger partial charge in [0.1, 0.15) is 6.61 Å². The number of hydrogen-bond acceptors (Lipinski definition) is 5. The van der Waals surface area contributed by atoms with Gasteiger partial charge in [-0.1, -0.05) is 45.6 Å². The maximum atomic E-state index is 12.8. The first-order chi connectivity index (χ1) is 13.9. The van der Waals surface area contributed by atoms with Gasteiger partial charge in [0.25, 0.3) is 11.1 Å². The normalized spacial score (nSPS) is 15.0. The number of benzene rings is 2. The zero-order valence-corrected chi connectivity index (χ0v) is 18.4. The minimum Gasteiger partial charge on any atom is -0.493 e. The van der Waals surface area contributed by atoms with E-state index < -0.39 is 0 Å². The number of amides is 2. The summed E-state index contributed by atoms with van der Waals surface area (Å²) in [5.41, 5.74) is 1.49. The van der Waals surface area contributed by atoms with Crippen molar-refractivity contribution in [3.63, 3.8) is 0 Å². The summed E-state index contributed by atoms with van der Waals surface area (Å²) in [5.74, 6) is 2.99. The van der Waals surface area contributed by atoms with Gasteiger partial charge in [0.05, 0.1) is 18.6 Å². The van der Waals surface area contributed by atoms with Gasteiger partial charge >= 0.3 is 0 Å². The van der Waals surface area contributed by atoms with Crippen LogP contribution in [-0.2, 0) is 11.3 Å². The Morgan fingerprint density at radius 1 is 1.24 bits per heavy atom. The molecule has 0 aliphatic carbocycles. The Kier molecular flexibility index (Phi) is 6.91. The maximum absolute atomic E-state index is 12.8. The smallest absolute Gasteiger partial charge is 0.293 e. The number of nitrogens with zero attached hydrogens (tertiary/aromatic N) is 1. The van der Waals surface area contributed by atoms with Crippen LogP contribution >= 0.6 is 39.3 Å². The zero-order valence-electron chi connectivity index (χ0n) is 15.3. The summed E-state index contributed by atoms with van der Waals surface area (Å²) in [7, 11) is 1.51. The Hall–Kier alpha value is -2.40. The number of halogens is 2. The molecule has 1 saturated heterocycles. The van der Waals surface area contributed by atoms with Crippen LogP contribution in [0.25, 0.3) is 6.08 Å². The molecule has 0 spiro atoms. The van der Waals surface area contributed by atoms with Crippen LogP contribution in [0.3, 0.4) is 0 Å². The summed E-state index contributed by atoms with van der Waals surface area (Å²) in [6.45, 7) is 0.286. The van der Waals surface area contributed by atoms with Crippen molar-refractivity contribution in [3.8, 4) is 23.8 Å². The van der Waals surface area contributed by atoms with Crippen molar-refractivity contribution >= 4 is 56.5 Å². The summed E-state index contributed by atoms with van der Waals surface area (Å²) < 4.78 is 11.5. The van der Waals surface area contributed by atoms with Gasteiger partial charge < -0.3 is 9.47 Å². The molecule has 1 fully saturated rings. The molecule has 0 aromatic heterocycles. The Labute approximate surface area is 186 Å². The van der Waals surface area contributed by atoms with Gasteiger partial charge in [-0.2, -0.15) is 0 Å². The van der Waals surface area contributed by atoms with Crippen molar-refractivity contribution in [2.75, 3.05) is 13.7 Å². The second-order valence-electron chi connectivity index (χ2n) is 5.91. The molecule has 1 aliphatic heterocycles. The van der Waals surface area contributed by atoms with Crippen LogP contribution in [-0.4, -0.2) is 29.8 Å². The fraction of sp³-hybridized carbons (Fsp3) is 0.143. The predicted octanol–water partition coefficient (Wildman–Crippen LogP) is 5.36. The van der Waals surface area contributed by atoms with E-state index in [1.165, 1.54) is 12.0 Å². The largest absolute Gasteiger partial charge is 0.493 e. The number of carbonyl (C=O) groups excluding carboxylic acids is 2. The summed E-state index contributed by atoms with van der Waals surface area (Å²) in [6, 6.07) is 10.4. The number of thioether (sulfide) groups is 1. The first-order valence-electron chi connectivity index (χ1n) is 8.36. The lowest BCUT2D eigenvalue weighted by Gasteiger charge is -2.13. The number of carbonyl (C=O) groups is 2. The predicted molar refractivity (Wildman–Crippen MR) is 118 cm³/mol. The lowest BCUT2D eigenvalue weighted by atomic mass is 10.1. The highest BCUT2D eigenvalue weighted by atomic mass is 79.9. The third kappa shape index (κ3) is 4.96. The van der Waals surface area contributed by atoms with Crippen molar-refractivity contribution in [3.05, 3.63) is 61.9 Å². The van der Waals surface area contributed by atoms with Gasteiger partial charge in [0.15, 0.2) is 11.5 Å².